The van der Waals surface area contributed by atoms with Crippen LogP contribution in [0, 0.1) is 0 Å². The second-order valence-corrected chi connectivity index (χ2v) is 5.82. The minimum atomic E-state index is -0.631. The summed E-state index contributed by atoms with van der Waals surface area (Å²) in [6.45, 7) is -0.222. The standard InChI is InChI=1S/C17H16N6O4/c1-23(7-12(18)24)17(27)9-3-2-4-10(5-9)22-15(25)11-6-19-14-13(11)16(26)21-8-20-14/h2-6,8H,7H2,1H3,(H2,18,24)(H,22,25)(H2,19,20,21,26). The molecule has 10 heteroatoms. The van der Waals surface area contributed by atoms with Crippen molar-refractivity contribution in [1.29, 1.82) is 0 Å². The zero-order valence-electron chi connectivity index (χ0n) is 14.3. The Bertz CT molecular complexity index is 1100. The van der Waals surface area contributed by atoms with Gasteiger partial charge in [-0.15, -0.1) is 0 Å². The first-order valence-corrected chi connectivity index (χ1v) is 7.86. The van der Waals surface area contributed by atoms with Crippen LogP contribution in [-0.4, -0.2) is 51.2 Å². The number of rotatable bonds is 5. The Hall–Kier alpha value is -3.95. The average Bonchev–Trinajstić information content (AvgIpc) is 3.06. The summed E-state index contributed by atoms with van der Waals surface area (Å²) in [6, 6.07) is 6.20. The highest BCUT2D eigenvalue weighted by Gasteiger charge is 2.17. The first kappa shape index (κ1) is 17.9. The molecule has 1 aromatic carbocycles. The SMILES string of the molecule is CN(CC(N)=O)C(=O)c1cccc(NC(=O)c2c[nH]c3nc[nH]c(=O)c23)c1. The largest absolute Gasteiger partial charge is 0.368 e. The van der Waals surface area contributed by atoms with Crippen molar-refractivity contribution in [2.45, 2.75) is 0 Å². The number of likely N-dealkylation sites (N-methyl/N-ethyl adjacent to an activating group) is 1. The number of hydrogen-bond donors (Lipinski definition) is 4. The van der Waals surface area contributed by atoms with Crippen molar-refractivity contribution >= 4 is 34.4 Å². The number of fused-ring (bicyclic) bond motifs is 1. The van der Waals surface area contributed by atoms with Crippen molar-refractivity contribution in [2.75, 3.05) is 18.9 Å². The van der Waals surface area contributed by atoms with Crippen LogP contribution in [0.25, 0.3) is 11.0 Å². The normalized spacial score (nSPS) is 10.6. The number of benzene rings is 1. The summed E-state index contributed by atoms with van der Waals surface area (Å²) in [7, 11) is 1.45. The quantitative estimate of drug-likeness (QED) is 0.501. The van der Waals surface area contributed by atoms with E-state index in [0.717, 1.165) is 0 Å². The molecule has 3 amide bonds. The molecule has 0 aliphatic rings. The molecule has 0 atom stereocenters. The molecule has 3 aromatic rings. The molecule has 10 nitrogen and oxygen atoms in total. The molecule has 5 N–H and O–H groups in total. The first-order valence-electron chi connectivity index (χ1n) is 7.86. The fourth-order valence-electron chi connectivity index (χ4n) is 2.61. The minimum absolute atomic E-state index is 0.127. The molecule has 27 heavy (non-hydrogen) atoms. The third-order valence-electron chi connectivity index (χ3n) is 3.83. The second-order valence-electron chi connectivity index (χ2n) is 5.82. The Labute approximate surface area is 152 Å². The molecule has 138 valence electrons. The highest BCUT2D eigenvalue weighted by atomic mass is 16.2. The van der Waals surface area contributed by atoms with Crippen molar-refractivity contribution < 1.29 is 14.4 Å². The highest BCUT2D eigenvalue weighted by Crippen LogP contribution is 2.16. The molecule has 0 aliphatic carbocycles. The molecule has 2 heterocycles. The van der Waals surface area contributed by atoms with Gasteiger partial charge in [0.1, 0.15) is 5.65 Å². The van der Waals surface area contributed by atoms with Gasteiger partial charge in [0.25, 0.3) is 17.4 Å². The Morgan fingerprint density at radius 3 is 2.78 bits per heavy atom. The number of nitrogens with one attached hydrogen (secondary N) is 3. The van der Waals surface area contributed by atoms with E-state index in [1.54, 1.807) is 18.2 Å². The lowest BCUT2D eigenvalue weighted by Crippen LogP contribution is -2.35. The summed E-state index contributed by atoms with van der Waals surface area (Å²) in [5.74, 6) is -1.58. The number of hydrogen-bond acceptors (Lipinski definition) is 5. The topological polar surface area (TPSA) is 154 Å². The van der Waals surface area contributed by atoms with Crippen LogP contribution in [-0.2, 0) is 4.79 Å². The predicted molar refractivity (Wildman–Crippen MR) is 97.3 cm³/mol. The summed E-state index contributed by atoms with van der Waals surface area (Å²) in [5, 5.41) is 2.78. The number of amides is 3. The number of H-pyrrole nitrogens is 2. The molecule has 3 rings (SSSR count). The van der Waals surface area contributed by atoms with Crippen molar-refractivity contribution in [3.8, 4) is 0 Å². The van der Waals surface area contributed by atoms with E-state index in [4.69, 9.17) is 5.73 Å². The number of carbonyl (C=O) groups excluding carboxylic acids is 3. The van der Waals surface area contributed by atoms with Gasteiger partial charge in [-0.2, -0.15) is 0 Å². The number of anilines is 1. The van der Waals surface area contributed by atoms with E-state index in [-0.39, 0.29) is 23.1 Å². The molecule has 0 spiro atoms. The average molecular weight is 368 g/mol. The number of aromatic nitrogens is 3. The Morgan fingerprint density at radius 2 is 2.04 bits per heavy atom. The number of carbonyl (C=O) groups is 3. The van der Waals surface area contributed by atoms with Gasteiger partial charge in [0, 0.05) is 24.5 Å². The predicted octanol–water partition coefficient (Wildman–Crippen LogP) is 0.0608. The molecule has 2 aromatic heterocycles. The molecule has 0 saturated carbocycles. The van der Waals surface area contributed by atoms with Crippen LogP contribution >= 0.6 is 0 Å². The second kappa shape index (κ2) is 7.12. The third kappa shape index (κ3) is 3.68. The highest BCUT2D eigenvalue weighted by molar-refractivity contribution is 6.12. The van der Waals surface area contributed by atoms with Crippen LogP contribution in [0.3, 0.4) is 0 Å². The van der Waals surface area contributed by atoms with E-state index in [1.165, 1.54) is 30.5 Å². The van der Waals surface area contributed by atoms with Crippen LogP contribution in [0.5, 0.6) is 0 Å². The van der Waals surface area contributed by atoms with Gasteiger partial charge >= 0.3 is 0 Å². The maximum atomic E-state index is 12.5. The first-order chi connectivity index (χ1) is 12.9. The van der Waals surface area contributed by atoms with E-state index in [2.05, 4.69) is 20.3 Å². The third-order valence-corrected chi connectivity index (χ3v) is 3.83. The van der Waals surface area contributed by atoms with Crippen molar-refractivity contribution in [3.63, 3.8) is 0 Å². The van der Waals surface area contributed by atoms with E-state index >= 15 is 0 Å². The fraction of sp³-hybridized carbons (Fsp3) is 0.118. The number of nitrogens with zero attached hydrogens (tertiary/aromatic N) is 2. The van der Waals surface area contributed by atoms with E-state index in [9.17, 15) is 19.2 Å². The lowest BCUT2D eigenvalue weighted by atomic mass is 10.1. The maximum absolute atomic E-state index is 12.5. The molecular weight excluding hydrogens is 352 g/mol. The van der Waals surface area contributed by atoms with Crippen molar-refractivity contribution in [3.05, 3.63) is 58.3 Å². The van der Waals surface area contributed by atoms with Gasteiger partial charge < -0.3 is 25.9 Å². The zero-order chi connectivity index (χ0) is 19.6. The minimum Gasteiger partial charge on any atom is -0.368 e. The van der Waals surface area contributed by atoms with Crippen LogP contribution in [0.2, 0.25) is 0 Å². The van der Waals surface area contributed by atoms with E-state index < -0.39 is 23.3 Å². The summed E-state index contributed by atoms with van der Waals surface area (Å²) < 4.78 is 0. The van der Waals surface area contributed by atoms with Crippen LogP contribution in [0.4, 0.5) is 5.69 Å². The lowest BCUT2D eigenvalue weighted by molar-refractivity contribution is -0.118. The summed E-state index contributed by atoms with van der Waals surface area (Å²) in [4.78, 5) is 58.1. The summed E-state index contributed by atoms with van der Waals surface area (Å²) in [6.07, 6.45) is 2.62. The summed E-state index contributed by atoms with van der Waals surface area (Å²) >= 11 is 0. The van der Waals surface area contributed by atoms with Gasteiger partial charge in [0.15, 0.2) is 0 Å². The number of nitrogens with two attached hydrogens (primary N) is 1. The summed E-state index contributed by atoms with van der Waals surface area (Å²) in [5.41, 5.74) is 5.70. The fourth-order valence-corrected chi connectivity index (χ4v) is 2.61. The molecule has 0 fully saturated rings. The van der Waals surface area contributed by atoms with E-state index in [1.807, 2.05) is 0 Å². The zero-order valence-corrected chi connectivity index (χ0v) is 14.3. The van der Waals surface area contributed by atoms with Crippen LogP contribution in [0.15, 0.2) is 41.6 Å². The Balaban J connectivity index is 1.83. The lowest BCUT2D eigenvalue weighted by Gasteiger charge is -2.15. The maximum Gasteiger partial charge on any atom is 0.261 e. The molecule has 0 radical (unpaired) electrons. The number of aromatic amines is 2. The van der Waals surface area contributed by atoms with Crippen LogP contribution < -0.4 is 16.6 Å². The molecule has 0 aliphatic heterocycles. The van der Waals surface area contributed by atoms with Crippen molar-refractivity contribution in [2.24, 2.45) is 5.73 Å². The molecular formula is C17H16N6O4. The van der Waals surface area contributed by atoms with E-state index in [0.29, 0.717) is 11.3 Å². The smallest absolute Gasteiger partial charge is 0.261 e. The molecule has 0 saturated heterocycles. The van der Waals surface area contributed by atoms with Gasteiger partial charge in [-0.3, -0.25) is 19.2 Å². The van der Waals surface area contributed by atoms with Gasteiger partial charge in [-0.25, -0.2) is 4.98 Å². The van der Waals surface area contributed by atoms with Crippen molar-refractivity contribution in [1.82, 2.24) is 19.9 Å². The Morgan fingerprint density at radius 1 is 1.26 bits per heavy atom. The molecule has 0 bridgehead atoms. The van der Waals surface area contributed by atoms with Gasteiger partial charge in [0.2, 0.25) is 5.91 Å². The van der Waals surface area contributed by atoms with Gasteiger partial charge in [-0.05, 0) is 18.2 Å². The van der Waals surface area contributed by atoms with Gasteiger partial charge in [0.05, 0.1) is 23.8 Å². The molecule has 0 unspecified atom stereocenters. The monoisotopic (exact) mass is 368 g/mol. The van der Waals surface area contributed by atoms with Crippen LogP contribution in [0.1, 0.15) is 20.7 Å². The Kier molecular flexibility index (Phi) is 4.71. The number of primary amides is 1. The van der Waals surface area contributed by atoms with Gasteiger partial charge in [-0.1, -0.05) is 6.07 Å².